The van der Waals surface area contributed by atoms with Gasteiger partial charge in [-0.2, -0.15) is 0 Å². The normalized spacial score (nSPS) is 10.8. The molecule has 5 nitrogen and oxygen atoms in total. The standard InChI is InChI=1S/C14H24N4O.HI/c1-3-19-12-6-10-17-14(15-2)18-11-8-13-7-4-5-9-16-13;/h4-5,7,9H,3,6,8,10-12H2,1-2H3,(H2,15,17,18);1H. The number of nitrogens with zero attached hydrogens (tertiary/aromatic N) is 2. The fourth-order valence-electron chi connectivity index (χ4n) is 1.60. The predicted octanol–water partition coefficient (Wildman–Crippen LogP) is 1.83. The van der Waals surface area contributed by atoms with Gasteiger partial charge in [0.25, 0.3) is 0 Å². The summed E-state index contributed by atoms with van der Waals surface area (Å²) in [6, 6.07) is 5.96. The van der Waals surface area contributed by atoms with Crippen molar-refractivity contribution in [2.45, 2.75) is 19.8 Å². The van der Waals surface area contributed by atoms with Gasteiger partial charge >= 0.3 is 0 Å². The van der Waals surface area contributed by atoms with Gasteiger partial charge in [-0.05, 0) is 25.5 Å². The van der Waals surface area contributed by atoms with Gasteiger partial charge < -0.3 is 15.4 Å². The van der Waals surface area contributed by atoms with Gasteiger partial charge in [0, 0.05) is 51.7 Å². The maximum absolute atomic E-state index is 5.28. The van der Waals surface area contributed by atoms with Crippen LogP contribution in [0.25, 0.3) is 0 Å². The number of aromatic nitrogens is 1. The van der Waals surface area contributed by atoms with Gasteiger partial charge in [-0.25, -0.2) is 0 Å². The summed E-state index contributed by atoms with van der Waals surface area (Å²) in [7, 11) is 1.78. The van der Waals surface area contributed by atoms with E-state index in [1.165, 1.54) is 0 Å². The molecule has 0 saturated carbocycles. The van der Waals surface area contributed by atoms with Crippen LogP contribution in [-0.4, -0.2) is 44.3 Å². The second-order valence-electron chi connectivity index (χ2n) is 4.05. The van der Waals surface area contributed by atoms with Crippen molar-refractivity contribution in [3.8, 4) is 0 Å². The van der Waals surface area contributed by atoms with Gasteiger partial charge in [0.15, 0.2) is 5.96 Å². The van der Waals surface area contributed by atoms with Gasteiger partial charge in [0.1, 0.15) is 0 Å². The minimum Gasteiger partial charge on any atom is -0.382 e. The first kappa shape index (κ1) is 19.1. The highest BCUT2D eigenvalue weighted by Crippen LogP contribution is 1.92. The lowest BCUT2D eigenvalue weighted by atomic mass is 10.3. The van der Waals surface area contributed by atoms with E-state index in [4.69, 9.17) is 4.74 Å². The molecular formula is C14H25IN4O. The quantitative estimate of drug-likeness (QED) is 0.307. The highest BCUT2D eigenvalue weighted by Gasteiger charge is 1.97. The van der Waals surface area contributed by atoms with Crippen LogP contribution in [0.4, 0.5) is 0 Å². The number of pyridine rings is 1. The van der Waals surface area contributed by atoms with E-state index in [1.54, 1.807) is 7.05 Å². The zero-order valence-corrected chi connectivity index (χ0v) is 14.6. The second kappa shape index (κ2) is 13.1. The van der Waals surface area contributed by atoms with Crippen LogP contribution in [-0.2, 0) is 11.2 Å². The average Bonchev–Trinajstić information content (AvgIpc) is 2.46. The molecule has 20 heavy (non-hydrogen) atoms. The summed E-state index contributed by atoms with van der Waals surface area (Å²) in [6.45, 7) is 5.25. The van der Waals surface area contributed by atoms with Gasteiger partial charge in [0.2, 0.25) is 0 Å². The van der Waals surface area contributed by atoms with Crippen LogP contribution in [0.5, 0.6) is 0 Å². The number of nitrogens with one attached hydrogen (secondary N) is 2. The molecule has 1 rings (SSSR count). The van der Waals surface area contributed by atoms with Crippen molar-refractivity contribution in [1.29, 1.82) is 0 Å². The van der Waals surface area contributed by atoms with Crippen LogP contribution in [0.1, 0.15) is 19.0 Å². The summed E-state index contributed by atoms with van der Waals surface area (Å²) in [6.07, 6.45) is 3.69. The molecule has 2 N–H and O–H groups in total. The van der Waals surface area contributed by atoms with Gasteiger partial charge in [-0.15, -0.1) is 24.0 Å². The number of guanidine groups is 1. The number of ether oxygens (including phenoxy) is 1. The van der Waals surface area contributed by atoms with Crippen molar-refractivity contribution >= 4 is 29.9 Å². The van der Waals surface area contributed by atoms with Crippen LogP contribution in [0.2, 0.25) is 0 Å². The fraction of sp³-hybridized carbons (Fsp3) is 0.571. The smallest absolute Gasteiger partial charge is 0.190 e. The molecule has 0 aliphatic heterocycles. The number of rotatable bonds is 8. The molecule has 6 heteroatoms. The molecule has 0 bridgehead atoms. The molecule has 0 amide bonds. The highest BCUT2D eigenvalue weighted by atomic mass is 127. The molecule has 0 unspecified atom stereocenters. The minimum atomic E-state index is 0. The Bertz CT molecular complexity index is 359. The topological polar surface area (TPSA) is 58.5 Å². The summed E-state index contributed by atoms with van der Waals surface area (Å²) in [5.74, 6) is 0.826. The molecule has 0 atom stereocenters. The van der Waals surface area contributed by atoms with E-state index in [0.717, 1.165) is 50.8 Å². The zero-order valence-electron chi connectivity index (χ0n) is 12.3. The molecule has 0 saturated heterocycles. The first-order valence-electron chi connectivity index (χ1n) is 6.79. The largest absolute Gasteiger partial charge is 0.382 e. The van der Waals surface area contributed by atoms with Crippen LogP contribution in [0.15, 0.2) is 29.4 Å². The second-order valence-corrected chi connectivity index (χ2v) is 4.05. The van der Waals surface area contributed by atoms with E-state index in [1.807, 2.05) is 31.3 Å². The van der Waals surface area contributed by atoms with Crippen molar-refractivity contribution in [2.75, 3.05) is 33.4 Å². The maximum Gasteiger partial charge on any atom is 0.190 e. The van der Waals surface area contributed by atoms with Crippen LogP contribution in [0.3, 0.4) is 0 Å². The average molecular weight is 392 g/mol. The molecule has 0 aromatic carbocycles. The van der Waals surface area contributed by atoms with E-state index < -0.39 is 0 Å². The molecule has 0 aliphatic carbocycles. The lowest BCUT2D eigenvalue weighted by Gasteiger charge is -2.11. The predicted molar refractivity (Wildman–Crippen MR) is 93.8 cm³/mol. The van der Waals surface area contributed by atoms with Crippen molar-refractivity contribution in [1.82, 2.24) is 15.6 Å². The molecule has 1 heterocycles. The van der Waals surface area contributed by atoms with Crippen molar-refractivity contribution in [3.05, 3.63) is 30.1 Å². The Balaban J connectivity index is 0.00000361. The SMILES string of the molecule is CCOCCCNC(=NC)NCCc1ccccn1.I. The van der Waals surface area contributed by atoms with Crippen LogP contribution < -0.4 is 10.6 Å². The first-order valence-corrected chi connectivity index (χ1v) is 6.79. The number of hydrogen-bond acceptors (Lipinski definition) is 3. The van der Waals surface area contributed by atoms with E-state index in [0.29, 0.717) is 0 Å². The molecule has 0 spiro atoms. The molecule has 114 valence electrons. The third-order valence-electron chi connectivity index (χ3n) is 2.59. The lowest BCUT2D eigenvalue weighted by molar-refractivity contribution is 0.145. The lowest BCUT2D eigenvalue weighted by Crippen LogP contribution is -2.39. The monoisotopic (exact) mass is 392 g/mol. The highest BCUT2D eigenvalue weighted by molar-refractivity contribution is 14.0. The molecule has 1 aromatic rings. The van der Waals surface area contributed by atoms with Crippen molar-refractivity contribution in [3.63, 3.8) is 0 Å². The summed E-state index contributed by atoms with van der Waals surface area (Å²) >= 11 is 0. The summed E-state index contributed by atoms with van der Waals surface area (Å²) < 4.78 is 5.28. The summed E-state index contributed by atoms with van der Waals surface area (Å²) in [5, 5.41) is 6.52. The van der Waals surface area contributed by atoms with E-state index in [9.17, 15) is 0 Å². The van der Waals surface area contributed by atoms with Gasteiger partial charge in [-0.1, -0.05) is 6.07 Å². The Kier molecular flexibility index (Phi) is 12.5. The first-order chi connectivity index (χ1) is 9.36. The number of halogens is 1. The Labute approximate surface area is 138 Å². The molecule has 0 radical (unpaired) electrons. The summed E-state index contributed by atoms with van der Waals surface area (Å²) in [4.78, 5) is 8.45. The zero-order chi connectivity index (χ0) is 13.8. The van der Waals surface area contributed by atoms with Gasteiger partial charge in [0.05, 0.1) is 0 Å². The molecule has 0 fully saturated rings. The van der Waals surface area contributed by atoms with Gasteiger partial charge in [-0.3, -0.25) is 9.98 Å². The summed E-state index contributed by atoms with van der Waals surface area (Å²) in [5.41, 5.74) is 1.08. The third kappa shape index (κ3) is 9.08. The Morgan fingerprint density at radius 2 is 2.10 bits per heavy atom. The van der Waals surface area contributed by atoms with Crippen molar-refractivity contribution < 1.29 is 4.74 Å². The number of aliphatic imine (C=N–C) groups is 1. The third-order valence-corrected chi connectivity index (χ3v) is 2.59. The maximum atomic E-state index is 5.28. The van der Waals surface area contributed by atoms with E-state index in [-0.39, 0.29) is 24.0 Å². The Hall–Kier alpha value is -0.890. The molecule has 1 aromatic heterocycles. The van der Waals surface area contributed by atoms with Crippen LogP contribution >= 0.6 is 24.0 Å². The molecular weight excluding hydrogens is 367 g/mol. The van der Waals surface area contributed by atoms with Crippen molar-refractivity contribution in [2.24, 2.45) is 4.99 Å². The Morgan fingerprint density at radius 3 is 2.75 bits per heavy atom. The van der Waals surface area contributed by atoms with Crippen LogP contribution in [0, 0.1) is 0 Å². The Morgan fingerprint density at radius 1 is 1.30 bits per heavy atom. The molecule has 0 aliphatic rings. The van der Waals surface area contributed by atoms with E-state index in [2.05, 4.69) is 20.6 Å². The minimum absolute atomic E-state index is 0. The fourth-order valence-corrected chi connectivity index (χ4v) is 1.60. The van der Waals surface area contributed by atoms with E-state index >= 15 is 0 Å². The number of hydrogen-bond donors (Lipinski definition) is 2.